The van der Waals surface area contributed by atoms with Gasteiger partial charge in [-0.25, -0.2) is 13.1 Å². The Morgan fingerprint density at radius 3 is 2.20 bits per heavy atom. The van der Waals surface area contributed by atoms with Crippen LogP contribution in [0.25, 0.3) is 0 Å². The van der Waals surface area contributed by atoms with Crippen LogP contribution in [0, 0.1) is 0 Å². The first-order chi connectivity index (χ1) is 8.75. The number of nitrogens with two attached hydrogens (primary N) is 1. The Hall–Kier alpha value is -1.02. The maximum atomic E-state index is 12.2. The van der Waals surface area contributed by atoms with Crippen LogP contribution in [0.3, 0.4) is 0 Å². The lowest BCUT2D eigenvalue weighted by atomic mass is 10.1. The second-order valence-corrected chi connectivity index (χ2v) is 6.39. The topological polar surface area (TPSA) is 90.7 Å². The molecule has 0 fully saturated rings. The third kappa shape index (κ3) is 4.52. The van der Waals surface area contributed by atoms with Crippen molar-refractivity contribution in [1.82, 2.24) is 4.72 Å². The Kier molecular flexibility index (Phi) is 6.76. The summed E-state index contributed by atoms with van der Waals surface area (Å²) in [6.07, 6.45) is 0. The summed E-state index contributed by atoms with van der Waals surface area (Å²) in [5, 5.41) is 0. The molecule has 0 atom stereocenters. The summed E-state index contributed by atoms with van der Waals surface area (Å²) >= 11 is 0. The summed E-state index contributed by atoms with van der Waals surface area (Å²) in [6, 6.07) is 4.41. The average molecular weight is 325 g/mol. The van der Waals surface area contributed by atoms with E-state index in [0.717, 1.165) is 0 Å². The van der Waals surface area contributed by atoms with Crippen LogP contribution in [0.1, 0.15) is 13.8 Å². The van der Waals surface area contributed by atoms with Crippen LogP contribution in [0.5, 0.6) is 11.5 Å². The van der Waals surface area contributed by atoms with Crippen LogP contribution in [0.2, 0.25) is 0 Å². The van der Waals surface area contributed by atoms with E-state index < -0.39 is 15.6 Å². The summed E-state index contributed by atoms with van der Waals surface area (Å²) < 4.78 is 37.1. The van der Waals surface area contributed by atoms with Gasteiger partial charge in [0, 0.05) is 18.2 Å². The minimum atomic E-state index is -3.65. The molecule has 0 aliphatic rings. The number of hydrogen-bond acceptors (Lipinski definition) is 5. The van der Waals surface area contributed by atoms with Gasteiger partial charge in [-0.3, -0.25) is 0 Å². The predicted molar refractivity (Wildman–Crippen MR) is 80.2 cm³/mol. The highest BCUT2D eigenvalue weighted by Gasteiger charge is 2.25. The van der Waals surface area contributed by atoms with Gasteiger partial charge in [0.15, 0.2) is 11.5 Å². The summed E-state index contributed by atoms with van der Waals surface area (Å²) in [6.45, 7) is 3.62. The number of halogens is 1. The normalized spacial score (nSPS) is 11.7. The Bertz CT molecular complexity index is 546. The Balaban J connectivity index is 0.00000361. The monoisotopic (exact) mass is 324 g/mol. The molecule has 0 radical (unpaired) electrons. The summed E-state index contributed by atoms with van der Waals surface area (Å²) in [5.41, 5.74) is 4.81. The molecule has 0 unspecified atom stereocenters. The molecular weight excluding hydrogens is 304 g/mol. The number of rotatable bonds is 6. The lowest BCUT2D eigenvalue weighted by molar-refractivity contribution is 0.353. The molecule has 3 N–H and O–H groups in total. The second-order valence-electron chi connectivity index (χ2n) is 4.71. The molecule has 0 spiro atoms. The quantitative estimate of drug-likeness (QED) is 0.819. The summed E-state index contributed by atoms with van der Waals surface area (Å²) in [4.78, 5) is 0.103. The predicted octanol–water partition coefficient (Wildman–Crippen LogP) is 1.14. The maximum Gasteiger partial charge on any atom is 0.241 e. The standard InChI is InChI=1S/C12H20N2O4S.ClH/c1-12(2,8-13)14-19(15,16)9-5-6-10(17-3)11(7-9)18-4;/h5-7,14H,8,13H2,1-4H3;1H. The van der Waals surface area contributed by atoms with Crippen molar-refractivity contribution in [3.8, 4) is 11.5 Å². The third-order valence-electron chi connectivity index (χ3n) is 2.59. The molecule has 0 aliphatic heterocycles. The highest BCUT2D eigenvalue weighted by atomic mass is 35.5. The second kappa shape index (κ2) is 7.12. The zero-order chi connectivity index (χ0) is 14.7. The molecule has 1 aromatic rings. The fourth-order valence-corrected chi connectivity index (χ4v) is 2.89. The number of nitrogens with one attached hydrogen (secondary N) is 1. The van der Waals surface area contributed by atoms with Crippen LogP contribution in [-0.4, -0.2) is 34.7 Å². The Labute approximate surface area is 126 Å². The van der Waals surface area contributed by atoms with Crippen LogP contribution >= 0.6 is 12.4 Å². The average Bonchev–Trinajstić information content (AvgIpc) is 2.36. The van der Waals surface area contributed by atoms with Crippen molar-refractivity contribution in [2.45, 2.75) is 24.3 Å². The third-order valence-corrected chi connectivity index (χ3v) is 4.28. The van der Waals surface area contributed by atoms with Crippen molar-refractivity contribution in [2.24, 2.45) is 5.73 Å². The summed E-state index contributed by atoms with van der Waals surface area (Å²) in [5.74, 6) is 0.829. The first-order valence-corrected chi connectivity index (χ1v) is 7.20. The van der Waals surface area contributed by atoms with Gasteiger partial charge >= 0.3 is 0 Å². The molecule has 0 saturated heterocycles. The zero-order valence-electron chi connectivity index (χ0n) is 12.0. The van der Waals surface area contributed by atoms with Crippen molar-refractivity contribution in [3.05, 3.63) is 18.2 Å². The van der Waals surface area contributed by atoms with Crippen molar-refractivity contribution < 1.29 is 17.9 Å². The smallest absolute Gasteiger partial charge is 0.241 e. The van der Waals surface area contributed by atoms with E-state index in [-0.39, 0.29) is 23.8 Å². The van der Waals surface area contributed by atoms with Gasteiger partial charge in [0.2, 0.25) is 10.0 Å². The van der Waals surface area contributed by atoms with Crippen molar-refractivity contribution in [1.29, 1.82) is 0 Å². The lowest BCUT2D eigenvalue weighted by Gasteiger charge is -2.24. The Morgan fingerprint density at radius 2 is 1.75 bits per heavy atom. The zero-order valence-corrected chi connectivity index (χ0v) is 13.6. The molecule has 20 heavy (non-hydrogen) atoms. The van der Waals surface area contributed by atoms with Crippen LogP contribution in [0.4, 0.5) is 0 Å². The molecule has 0 aliphatic carbocycles. The molecule has 1 aromatic carbocycles. The molecule has 0 amide bonds. The fourth-order valence-electron chi connectivity index (χ4n) is 1.45. The van der Waals surface area contributed by atoms with Crippen LogP contribution < -0.4 is 19.9 Å². The number of hydrogen-bond donors (Lipinski definition) is 2. The molecule has 6 nitrogen and oxygen atoms in total. The van der Waals surface area contributed by atoms with E-state index in [1.54, 1.807) is 19.9 Å². The van der Waals surface area contributed by atoms with Gasteiger partial charge in [0.1, 0.15) is 0 Å². The number of methoxy groups -OCH3 is 2. The summed E-state index contributed by atoms with van der Waals surface area (Å²) in [7, 11) is -0.715. The molecular formula is C12H21ClN2O4S. The molecule has 8 heteroatoms. The van der Waals surface area contributed by atoms with Gasteiger partial charge in [0.25, 0.3) is 0 Å². The fraction of sp³-hybridized carbons (Fsp3) is 0.500. The van der Waals surface area contributed by atoms with E-state index in [0.29, 0.717) is 11.5 Å². The van der Waals surface area contributed by atoms with Crippen molar-refractivity contribution in [3.63, 3.8) is 0 Å². The molecule has 0 bridgehead atoms. The lowest BCUT2D eigenvalue weighted by Crippen LogP contribution is -2.48. The maximum absolute atomic E-state index is 12.2. The minimum absolute atomic E-state index is 0. The molecule has 0 saturated carbocycles. The van der Waals surface area contributed by atoms with E-state index >= 15 is 0 Å². The molecule has 0 aromatic heterocycles. The van der Waals surface area contributed by atoms with Gasteiger partial charge in [-0.1, -0.05) is 0 Å². The highest BCUT2D eigenvalue weighted by Crippen LogP contribution is 2.29. The van der Waals surface area contributed by atoms with Gasteiger partial charge in [0.05, 0.1) is 19.1 Å². The number of ether oxygens (including phenoxy) is 2. The largest absolute Gasteiger partial charge is 0.493 e. The number of sulfonamides is 1. The first-order valence-electron chi connectivity index (χ1n) is 5.72. The van der Waals surface area contributed by atoms with Crippen LogP contribution in [-0.2, 0) is 10.0 Å². The van der Waals surface area contributed by atoms with E-state index in [1.807, 2.05) is 0 Å². The van der Waals surface area contributed by atoms with Gasteiger partial charge in [-0.05, 0) is 26.0 Å². The van der Waals surface area contributed by atoms with Crippen molar-refractivity contribution >= 4 is 22.4 Å². The van der Waals surface area contributed by atoms with E-state index in [1.165, 1.54) is 26.4 Å². The van der Waals surface area contributed by atoms with E-state index in [4.69, 9.17) is 15.2 Å². The van der Waals surface area contributed by atoms with Gasteiger partial charge in [-0.15, -0.1) is 12.4 Å². The molecule has 1 rings (SSSR count). The van der Waals surface area contributed by atoms with Crippen molar-refractivity contribution in [2.75, 3.05) is 20.8 Å². The SMILES string of the molecule is COc1ccc(S(=O)(=O)NC(C)(C)CN)cc1OC.Cl. The van der Waals surface area contributed by atoms with Gasteiger partial charge in [-0.2, -0.15) is 0 Å². The number of benzene rings is 1. The highest BCUT2D eigenvalue weighted by molar-refractivity contribution is 7.89. The first kappa shape index (κ1) is 19.0. The molecule has 116 valence electrons. The Morgan fingerprint density at radius 1 is 1.20 bits per heavy atom. The minimum Gasteiger partial charge on any atom is -0.493 e. The van der Waals surface area contributed by atoms with Gasteiger partial charge < -0.3 is 15.2 Å². The van der Waals surface area contributed by atoms with E-state index in [9.17, 15) is 8.42 Å². The molecule has 0 heterocycles. The van der Waals surface area contributed by atoms with E-state index in [2.05, 4.69) is 4.72 Å². The van der Waals surface area contributed by atoms with Crippen LogP contribution in [0.15, 0.2) is 23.1 Å².